The molecule has 1 fully saturated rings. The fraction of sp³-hybridized carbons (Fsp3) is 0.389. The fourth-order valence-electron chi connectivity index (χ4n) is 3.97. The molecule has 130 valence electrons. The third-order valence-electron chi connectivity index (χ3n) is 5.09. The number of hydrogen-bond donors (Lipinski definition) is 1. The van der Waals surface area contributed by atoms with Gasteiger partial charge in [0.05, 0.1) is 21.6 Å². The van der Waals surface area contributed by atoms with Gasteiger partial charge in [0, 0.05) is 12.1 Å². The van der Waals surface area contributed by atoms with Crippen molar-refractivity contribution < 1.29 is 9.32 Å². The first-order valence-electron chi connectivity index (χ1n) is 8.40. The Hall–Kier alpha value is -2.34. The molecule has 0 radical (unpaired) electrons. The Morgan fingerprint density at radius 1 is 1.36 bits per heavy atom. The second-order valence-electron chi connectivity index (χ2n) is 6.58. The predicted octanol–water partition coefficient (Wildman–Crippen LogP) is 3.33. The number of carbonyl (C=O) groups excluding carboxylic acids is 1. The highest BCUT2D eigenvalue weighted by molar-refractivity contribution is 6.37. The first-order chi connectivity index (χ1) is 12.1. The van der Waals surface area contributed by atoms with Crippen LogP contribution >= 0.6 is 11.6 Å². The number of nitrogens with zero attached hydrogens (tertiary/aromatic N) is 2. The van der Waals surface area contributed by atoms with Crippen molar-refractivity contribution >= 4 is 39.9 Å². The van der Waals surface area contributed by atoms with Crippen molar-refractivity contribution in [2.45, 2.75) is 44.7 Å². The van der Waals surface area contributed by atoms with Crippen LogP contribution in [0.5, 0.6) is 0 Å². The number of nitrogens with one attached hydrogen (secondary N) is 1. The minimum atomic E-state index is -0.111. The monoisotopic (exact) mass is 359 g/mol. The standard InChI is InChI=1S/C18H18ClN3O3/c1-10-15-17(25-21-10)16-13(19)6-3-7-14(16)22(18(15)24)12-5-2-4-11(8-12)20-9-23/h3,6-7,9,11-12H,2,4-5,8H2,1H3,(H,20,23). The molecule has 1 N–H and O–H groups in total. The van der Waals surface area contributed by atoms with Crippen molar-refractivity contribution in [2.75, 3.05) is 0 Å². The molecular formula is C18H18ClN3O3. The summed E-state index contributed by atoms with van der Waals surface area (Å²) in [6, 6.07) is 5.58. The van der Waals surface area contributed by atoms with Crippen LogP contribution in [0.3, 0.4) is 0 Å². The average molecular weight is 360 g/mol. The molecule has 0 spiro atoms. The number of amides is 1. The molecule has 1 aromatic carbocycles. The van der Waals surface area contributed by atoms with Crippen LogP contribution in [-0.2, 0) is 4.79 Å². The summed E-state index contributed by atoms with van der Waals surface area (Å²) in [5.74, 6) is 0. The number of halogens is 1. The summed E-state index contributed by atoms with van der Waals surface area (Å²) < 4.78 is 7.23. The van der Waals surface area contributed by atoms with Gasteiger partial charge in [-0.3, -0.25) is 9.59 Å². The summed E-state index contributed by atoms with van der Waals surface area (Å²) in [5, 5.41) is 8.55. The number of benzene rings is 1. The Morgan fingerprint density at radius 2 is 2.20 bits per heavy atom. The van der Waals surface area contributed by atoms with Gasteiger partial charge in [0.15, 0.2) is 5.58 Å². The van der Waals surface area contributed by atoms with Crippen LogP contribution in [0.2, 0.25) is 5.02 Å². The second kappa shape index (κ2) is 6.19. The molecule has 6 nitrogen and oxygen atoms in total. The molecule has 1 aliphatic carbocycles. The van der Waals surface area contributed by atoms with Crippen LogP contribution in [-0.4, -0.2) is 22.2 Å². The smallest absolute Gasteiger partial charge is 0.264 e. The van der Waals surface area contributed by atoms with Crippen LogP contribution < -0.4 is 10.9 Å². The summed E-state index contributed by atoms with van der Waals surface area (Å²) in [6.07, 6.45) is 4.21. The molecule has 1 saturated carbocycles. The lowest BCUT2D eigenvalue weighted by Gasteiger charge is -2.31. The van der Waals surface area contributed by atoms with E-state index < -0.39 is 0 Å². The van der Waals surface area contributed by atoms with Gasteiger partial charge >= 0.3 is 0 Å². The molecule has 0 saturated heterocycles. The van der Waals surface area contributed by atoms with Gasteiger partial charge in [0.2, 0.25) is 6.41 Å². The van der Waals surface area contributed by atoms with E-state index in [0.717, 1.165) is 37.6 Å². The zero-order valence-electron chi connectivity index (χ0n) is 13.8. The number of carbonyl (C=O) groups is 1. The molecule has 3 aromatic rings. The van der Waals surface area contributed by atoms with E-state index in [1.54, 1.807) is 13.0 Å². The van der Waals surface area contributed by atoms with Crippen LogP contribution in [0.15, 0.2) is 27.5 Å². The lowest BCUT2D eigenvalue weighted by atomic mass is 9.90. The first kappa shape index (κ1) is 16.1. The highest BCUT2D eigenvalue weighted by Crippen LogP contribution is 2.35. The summed E-state index contributed by atoms with van der Waals surface area (Å²) in [6.45, 7) is 1.76. The summed E-state index contributed by atoms with van der Waals surface area (Å²) >= 11 is 6.43. The maximum atomic E-state index is 13.2. The van der Waals surface area contributed by atoms with E-state index in [-0.39, 0.29) is 17.6 Å². The second-order valence-corrected chi connectivity index (χ2v) is 6.99. The maximum absolute atomic E-state index is 13.2. The van der Waals surface area contributed by atoms with Crippen LogP contribution in [0.4, 0.5) is 0 Å². The Bertz CT molecular complexity index is 1020. The minimum Gasteiger partial charge on any atom is -0.356 e. The van der Waals surface area contributed by atoms with Crippen LogP contribution in [0.25, 0.3) is 21.9 Å². The number of hydrogen-bond acceptors (Lipinski definition) is 4. The third-order valence-corrected chi connectivity index (χ3v) is 5.40. The Balaban J connectivity index is 2.00. The van der Waals surface area contributed by atoms with Crippen molar-refractivity contribution in [3.63, 3.8) is 0 Å². The zero-order valence-corrected chi connectivity index (χ0v) is 14.5. The summed E-state index contributed by atoms with van der Waals surface area (Å²) in [7, 11) is 0. The molecule has 25 heavy (non-hydrogen) atoms. The molecular weight excluding hydrogens is 342 g/mol. The van der Waals surface area contributed by atoms with Gasteiger partial charge < -0.3 is 14.4 Å². The number of rotatable bonds is 3. The van der Waals surface area contributed by atoms with Gasteiger partial charge in [0.25, 0.3) is 5.56 Å². The zero-order chi connectivity index (χ0) is 17.6. The highest BCUT2D eigenvalue weighted by Gasteiger charge is 2.27. The third kappa shape index (κ3) is 2.52. The SMILES string of the molecule is Cc1noc2c1c(=O)n(C1CCCC(NC=O)C1)c1cccc(Cl)c21. The Kier molecular flexibility index (Phi) is 4.00. The van der Waals surface area contributed by atoms with Crippen LogP contribution in [0, 0.1) is 6.92 Å². The molecule has 2 atom stereocenters. The summed E-state index contributed by atoms with van der Waals surface area (Å²) in [4.78, 5) is 24.0. The molecule has 0 aliphatic heterocycles. The molecule has 7 heteroatoms. The van der Waals surface area contributed by atoms with E-state index in [0.29, 0.717) is 27.1 Å². The van der Waals surface area contributed by atoms with Gasteiger partial charge in [-0.25, -0.2) is 0 Å². The molecule has 2 aromatic heterocycles. The van der Waals surface area contributed by atoms with Crippen molar-refractivity contribution in [3.05, 3.63) is 39.3 Å². The molecule has 4 rings (SSSR count). The first-order valence-corrected chi connectivity index (χ1v) is 8.78. The van der Waals surface area contributed by atoms with E-state index in [9.17, 15) is 9.59 Å². The van der Waals surface area contributed by atoms with Gasteiger partial charge in [-0.2, -0.15) is 0 Å². The number of fused-ring (bicyclic) bond motifs is 3. The number of pyridine rings is 1. The van der Waals surface area contributed by atoms with Gasteiger partial charge in [-0.1, -0.05) is 22.8 Å². The Morgan fingerprint density at radius 3 is 3.00 bits per heavy atom. The topological polar surface area (TPSA) is 77.1 Å². The maximum Gasteiger partial charge on any atom is 0.264 e. The average Bonchev–Trinajstić information content (AvgIpc) is 2.98. The Labute approximate surface area is 148 Å². The lowest BCUT2D eigenvalue weighted by molar-refractivity contribution is -0.110. The molecule has 2 heterocycles. The lowest BCUT2D eigenvalue weighted by Crippen LogP contribution is -2.37. The molecule has 1 amide bonds. The van der Waals surface area contributed by atoms with Crippen molar-refractivity contribution in [3.8, 4) is 0 Å². The van der Waals surface area contributed by atoms with Gasteiger partial charge in [0.1, 0.15) is 5.39 Å². The van der Waals surface area contributed by atoms with E-state index in [2.05, 4.69) is 10.5 Å². The minimum absolute atomic E-state index is 0.00151. The number of aromatic nitrogens is 2. The predicted molar refractivity (Wildman–Crippen MR) is 96.0 cm³/mol. The highest BCUT2D eigenvalue weighted by atomic mass is 35.5. The molecule has 2 unspecified atom stereocenters. The van der Waals surface area contributed by atoms with Crippen molar-refractivity contribution in [1.82, 2.24) is 15.0 Å². The largest absolute Gasteiger partial charge is 0.356 e. The fourth-order valence-corrected chi connectivity index (χ4v) is 4.22. The van der Waals surface area contributed by atoms with Crippen LogP contribution in [0.1, 0.15) is 37.4 Å². The van der Waals surface area contributed by atoms with E-state index in [1.807, 2.05) is 16.7 Å². The molecule has 0 bridgehead atoms. The quantitative estimate of drug-likeness (QED) is 0.727. The normalized spacial score (nSPS) is 20.9. The van der Waals surface area contributed by atoms with Crippen molar-refractivity contribution in [1.29, 1.82) is 0 Å². The molecule has 1 aliphatic rings. The van der Waals surface area contributed by atoms with E-state index in [4.69, 9.17) is 16.1 Å². The van der Waals surface area contributed by atoms with E-state index in [1.165, 1.54) is 0 Å². The van der Waals surface area contributed by atoms with Gasteiger partial charge in [-0.05, 0) is 44.7 Å². The van der Waals surface area contributed by atoms with Crippen molar-refractivity contribution in [2.24, 2.45) is 0 Å². The van der Waals surface area contributed by atoms with Gasteiger partial charge in [-0.15, -0.1) is 0 Å². The number of aryl methyl sites for hydroxylation is 1. The van der Waals surface area contributed by atoms with E-state index >= 15 is 0 Å². The summed E-state index contributed by atoms with van der Waals surface area (Å²) in [5.41, 5.74) is 1.64.